The molecule has 3 aromatic heterocycles. The first kappa shape index (κ1) is 16.4. The third kappa shape index (κ3) is 2.16. The standard InChI is InChI=1S/C26H21N2O/c1-16-18-9-6-7-11-24(18)29-26(16)22-14-21-20-13-12-17-8-4-5-10-19(17)25(20)28(3)23(21)15-27(22)2/h4-15H,1-3H3/q+1. The minimum atomic E-state index is 0.934. The zero-order valence-corrected chi connectivity index (χ0v) is 16.7. The van der Waals surface area contributed by atoms with Crippen molar-refractivity contribution in [2.24, 2.45) is 14.1 Å². The fourth-order valence-electron chi connectivity index (χ4n) is 4.72. The van der Waals surface area contributed by atoms with Gasteiger partial charge in [-0.15, -0.1) is 0 Å². The van der Waals surface area contributed by atoms with Crippen molar-refractivity contribution < 1.29 is 8.98 Å². The molecular weight excluding hydrogens is 356 g/mol. The minimum Gasteiger partial charge on any atom is -0.449 e. The molecule has 3 nitrogen and oxygen atoms in total. The molecular formula is C26H21N2O+. The molecule has 6 aromatic rings. The molecule has 3 heterocycles. The lowest BCUT2D eigenvalue weighted by Crippen LogP contribution is -2.30. The molecule has 0 atom stereocenters. The fourth-order valence-corrected chi connectivity index (χ4v) is 4.72. The van der Waals surface area contributed by atoms with Crippen molar-refractivity contribution in [2.75, 3.05) is 0 Å². The second-order valence-electron chi connectivity index (χ2n) is 7.86. The number of pyridine rings is 1. The van der Waals surface area contributed by atoms with Crippen LogP contribution in [0.3, 0.4) is 0 Å². The molecule has 0 aliphatic carbocycles. The lowest BCUT2D eigenvalue weighted by atomic mass is 10.0. The highest BCUT2D eigenvalue weighted by Crippen LogP contribution is 2.36. The van der Waals surface area contributed by atoms with Gasteiger partial charge in [0.05, 0.1) is 5.52 Å². The predicted molar refractivity (Wildman–Crippen MR) is 119 cm³/mol. The van der Waals surface area contributed by atoms with Gasteiger partial charge in [0.15, 0.2) is 6.20 Å². The van der Waals surface area contributed by atoms with E-state index in [4.69, 9.17) is 4.42 Å². The summed E-state index contributed by atoms with van der Waals surface area (Å²) in [5, 5.41) is 6.25. The van der Waals surface area contributed by atoms with Gasteiger partial charge in [0.25, 0.3) is 0 Å². The molecule has 0 saturated heterocycles. The van der Waals surface area contributed by atoms with Crippen LogP contribution in [0.15, 0.2) is 77.3 Å². The number of hydrogen-bond donors (Lipinski definition) is 0. The molecule has 0 radical (unpaired) electrons. The quantitative estimate of drug-likeness (QED) is 0.321. The molecule has 0 spiro atoms. The van der Waals surface area contributed by atoms with E-state index in [1.165, 1.54) is 43.5 Å². The summed E-state index contributed by atoms with van der Waals surface area (Å²) >= 11 is 0. The Balaban J connectivity index is 1.73. The number of benzene rings is 3. The fraction of sp³-hybridized carbons (Fsp3) is 0.115. The van der Waals surface area contributed by atoms with Crippen molar-refractivity contribution in [2.45, 2.75) is 6.92 Å². The average molecular weight is 377 g/mol. The van der Waals surface area contributed by atoms with E-state index in [9.17, 15) is 0 Å². The van der Waals surface area contributed by atoms with Crippen LogP contribution in [-0.2, 0) is 14.1 Å². The van der Waals surface area contributed by atoms with Crippen molar-refractivity contribution in [1.29, 1.82) is 0 Å². The molecule has 0 fully saturated rings. The van der Waals surface area contributed by atoms with Crippen LogP contribution < -0.4 is 4.57 Å². The van der Waals surface area contributed by atoms with Crippen LogP contribution in [0.1, 0.15) is 5.56 Å². The summed E-state index contributed by atoms with van der Waals surface area (Å²) < 4.78 is 10.8. The van der Waals surface area contributed by atoms with Gasteiger partial charge in [0, 0.05) is 40.2 Å². The van der Waals surface area contributed by atoms with Gasteiger partial charge in [-0.05, 0) is 18.4 Å². The highest BCUT2D eigenvalue weighted by molar-refractivity contribution is 6.17. The molecule has 140 valence electrons. The van der Waals surface area contributed by atoms with Gasteiger partial charge in [0.2, 0.25) is 11.5 Å². The first-order chi connectivity index (χ1) is 14.1. The van der Waals surface area contributed by atoms with Crippen molar-refractivity contribution in [3.8, 4) is 11.5 Å². The number of rotatable bonds is 1. The van der Waals surface area contributed by atoms with E-state index < -0.39 is 0 Å². The maximum Gasteiger partial charge on any atom is 0.249 e. The summed E-state index contributed by atoms with van der Waals surface area (Å²) in [6.07, 6.45) is 2.21. The number of para-hydroxylation sites is 1. The number of fused-ring (bicyclic) bond motifs is 6. The Labute approximate surface area is 168 Å². The van der Waals surface area contributed by atoms with E-state index in [-0.39, 0.29) is 0 Å². The van der Waals surface area contributed by atoms with Crippen LogP contribution in [0.5, 0.6) is 0 Å². The first-order valence-corrected chi connectivity index (χ1v) is 9.91. The molecule has 0 bridgehead atoms. The maximum absolute atomic E-state index is 6.28. The Morgan fingerprint density at radius 3 is 2.41 bits per heavy atom. The van der Waals surface area contributed by atoms with Crippen molar-refractivity contribution in [3.63, 3.8) is 0 Å². The molecule has 0 N–H and O–H groups in total. The Morgan fingerprint density at radius 2 is 1.59 bits per heavy atom. The minimum absolute atomic E-state index is 0.934. The Bertz CT molecular complexity index is 1580. The monoisotopic (exact) mass is 377 g/mol. The summed E-state index contributed by atoms with van der Waals surface area (Å²) in [4.78, 5) is 0. The summed E-state index contributed by atoms with van der Waals surface area (Å²) in [6, 6.07) is 23.6. The van der Waals surface area contributed by atoms with Crippen LogP contribution in [0.25, 0.3) is 55.0 Å². The smallest absolute Gasteiger partial charge is 0.249 e. The SMILES string of the molecule is Cc1c(-c2cc3c4ccc5ccccc5c4n(C)c3c[n+]2C)oc2ccccc12. The van der Waals surface area contributed by atoms with Gasteiger partial charge in [-0.1, -0.05) is 54.6 Å². The van der Waals surface area contributed by atoms with Crippen molar-refractivity contribution in [1.82, 2.24) is 4.57 Å². The van der Waals surface area contributed by atoms with Crippen LogP contribution >= 0.6 is 0 Å². The molecule has 3 heteroatoms. The van der Waals surface area contributed by atoms with Crippen molar-refractivity contribution >= 4 is 43.5 Å². The molecule has 6 rings (SSSR count). The lowest BCUT2D eigenvalue weighted by molar-refractivity contribution is -0.659. The zero-order chi connectivity index (χ0) is 19.7. The topological polar surface area (TPSA) is 21.9 Å². The highest BCUT2D eigenvalue weighted by Gasteiger charge is 2.23. The predicted octanol–water partition coefficient (Wildman–Crippen LogP) is 6.03. The van der Waals surface area contributed by atoms with E-state index in [1.807, 2.05) is 12.1 Å². The van der Waals surface area contributed by atoms with E-state index in [0.717, 1.165) is 17.0 Å². The maximum atomic E-state index is 6.28. The normalized spacial score (nSPS) is 12.0. The van der Waals surface area contributed by atoms with Gasteiger partial charge in [-0.3, -0.25) is 0 Å². The zero-order valence-electron chi connectivity index (χ0n) is 16.7. The lowest BCUT2D eigenvalue weighted by Gasteiger charge is -2.02. The second-order valence-corrected chi connectivity index (χ2v) is 7.86. The molecule has 0 aliphatic heterocycles. The van der Waals surface area contributed by atoms with E-state index in [1.54, 1.807) is 0 Å². The summed E-state index contributed by atoms with van der Waals surface area (Å²) in [5.74, 6) is 0.938. The molecule has 0 amide bonds. The van der Waals surface area contributed by atoms with Gasteiger partial charge in [-0.2, -0.15) is 4.57 Å². The van der Waals surface area contributed by atoms with Crippen LogP contribution in [0, 0.1) is 6.92 Å². The van der Waals surface area contributed by atoms with E-state index in [0.29, 0.717) is 0 Å². The second kappa shape index (κ2) is 5.71. The van der Waals surface area contributed by atoms with Gasteiger partial charge < -0.3 is 8.98 Å². The first-order valence-electron chi connectivity index (χ1n) is 9.91. The molecule has 0 saturated carbocycles. The van der Waals surface area contributed by atoms with Gasteiger partial charge in [0.1, 0.15) is 18.1 Å². The highest BCUT2D eigenvalue weighted by atomic mass is 16.3. The van der Waals surface area contributed by atoms with Crippen LogP contribution in [-0.4, -0.2) is 4.57 Å². The number of furan rings is 1. The summed E-state index contributed by atoms with van der Waals surface area (Å²) in [7, 11) is 4.25. The Hall–Kier alpha value is -3.59. The largest absolute Gasteiger partial charge is 0.449 e. The molecule has 3 aromatic carbocycles. The van der Waals surface area contributed by atoms with Crippen LogP contribution in [0.4, 0.5) is 0 Å². The van der Waals surface area contributed by atoms with Crippen LogP contribution in [0.2, 0.25) is 0 Å². The van der Waals surface area contributed by atoms with Gasteiger partial charge in [-0.25, -0.2) is 0 Å². The Morgan fingerprint density at radius 1 is 0.828 bits per heavy atom. The number of hydrogen-bond acceptors (Lipinski definition) is 1. The van der Waals surface area contributed by atoms with Gasteiger partial charge >= 0.3 is 0 Å². The number of aryl methyl sites for hydroxylation is 3. The molecule has 29 heavy (non-hydrogen) atoms. The number of aromatic nitrogens is 2. The molecule has 0 unspecified atom stereocenters. The third-order valence-electron chi connectivity index (χ3n) is 6.22. The van der Waals surface area contributed by atoms with E-state index in [2.05, 4.69) is 90.9 Å². The number of nitrogens with zero attached hydrogens (tertiary/aromatic N) is 2. The third-order valence-corrected chi connectivity index (χ3v) is 6.22. The van der Waals surface area contributed by atoms with E-state index >= 15 is 0 Å². The Kier molecular flexibility index (Phi) is 3.22. The molecule has 0 aliphatic rings. The summed E-state index contributed by atoms with van der Waals surface area (Å²) in [6.45, 7) is 2.14. The van der Waals surface area contributed by atoms with Crippen molar-refractivity contribution in [3.05, 3.63) is 78.5 Å². The summed E-state index contributed by atoms with van der Waals surface area (Å²) in [5.41, 5.74) is 5.70. The average Bonchev–Trinajstić information content (AvgIpc) is 3.22.